The lowest BCUT2D eigenvalue weighted by molar-refractivity contribution is -0.121. The third-order valence-corrected chi connectivity index (χ3v) is 2.01. The van der Waals surface area contributed by atoms with Gasteiger partial charge < -0.3 is 21.5 Å². The second-order valence-corrected chi connectivity index (χ2v) is 4.58. The number of rotatable bonds is 5. The zero-order chi connectivity index (χ0) is 13.9. The molecule has 0 aromatic carbocycles. The Morgan fingerprint density at radius 3 is 2.44 bits per heavy atom. The fourth-order valence-electron chi connectivity index (χ4n) is 1.03. The van der Waals surface area contributed by atoms with Crippen molar-refractivity contribution in [3.05, 3.63) is 0 Å². The van der Waals surface area contributed by atoms with Crippen molar-refractivity contribution >= 4 is 17.8 Å². The Morgan fingerprint density at radius 2 is 1.94 bits per heavy atom. The molecule has 0 atom stereocenters. The first-order valence-corrected chi connectivity index (χ1v) is 5.47. The first kappa shape index (κ1) is 13.9. The Hall–Kier alpha value is -2.12. The maximum atomic E-state index is 11.2. The largest absolute Gasteiger partial charge is 0.461 e. The first-order chi connectivity index (χ1) is 8.20. The number of carbonyl (C=O) groups excluding carboxylic acids is 1. The normalized spacial score (nSPS) is 11.4. The number of aromatic nitrogens is 3. The van der Waals surface area contributed by atoms with Crippen LogP contribution in [-0.2, 0) is 4.79 Å². The second kappa shape index (κ2) is 5.03. The van der Waals surface area contributed by atoms with Crippen LogP contribution in [0.5, 0.6) is 6.01 Å². The van der Waals surface area contributed by atoms with Crippen molar-refractivity contribution in [1.82, 2.24) is 15.0 Å². The van der Waals surface area contributed by atoms with Gasteiger partial charge in [-0.2, -0.15) is 15.0 Å². The summed E-state index contributed by atoms with van der Waals surface area (Å²) in [5, 5.41) is 2.78. The van der Waals surface area contributed by atoms with Crippen LogP contribution in [0.3, 0.4) is 0 Å². The van der Waals surface area contributed by atoms with E-state index in [-0.39, 0.29) is 24.0 Å². The molecule has 1 amide bonds. The zero-order valence-electron chi connectivity index (χ0n) is 10.9. The number of nitrogens with zero attached hydrogens (tertiary/aromatic N) is 3. The van der Waals surface area contributed by atoms with Gasteiger partial charge in [0.05, 0.1) is 6.10 Å². The first-order valence-electron chi connectivity index (χ1n) is 5.47. The summed E-state index contributed by atoms with van der Waals surface area (Å²) >= 11 is 0. The van der Waals surface area contributed by atoms with Gasteiger partial charge in [-0.05, 0) is 27.7 Å². The Balaban J connectivity index is 2.96. The Kier molecular flexibility index (Phi) is 3.89. The monoisotopic (exact) mass is 254 g/mol. The molecule has 5 N–H and O–H groups in total. The molecule has 0 aliphatic carbocycles. The van der Waals surface area contributed by atoms with Crippen molar-refractivity contribution in [2.45, 2.75) is 39.3 Å². The molecule has 1 aromatic heterocycles. The third kappa shape index (κ3) is 3.72. The van der Waals surface area contributed by atoms with Crippen LogP contribution >= 0.6 is 0 Å². The molecule has 1 heterocycles. The summed E-state index contributed by atoms with van der Waals surface area (Å²) in [7, 11) is 0. The molecule has 0 radical (unpaired) electrons. The van der Waals surface area contributed by atoms with Crippen LogP contribution in [-0.4, -0.2) is 32.5 Å². The molecule has 0 spiro atoms. The molecule has 100 valence electrons. The number of nitrogen functional groups attached to an aromatic ring is 1. The number of primary amides is 1. The molecule has 8 nitrogen and oxygen atoms in total. The summed E-state index contributed by atoms with van der Waals surface area (Å²) in [5.41, 5.74) is 9.77. The number of ether oxygens (including phenoxy) is 1. The summed E-state index contributed by atoms with van der Waals surface area (Å²) in [4.78, 5) is 22.9. The van der Waals surface area contributed by atoms with E-state index in [9.17, 15) is 4.79 Å². The summed E-state index contributed by atoms with van der Waals surface area (Å²) in [6.07, 6.45) is -0.0937. The number of carbonyl (C=O) groups is 1. The van der Waals surface area contributed by atoms with Gasteiger partial charge in [0.15, 0.2) is 0 Å². The average molecular weight is 254 g/mol. The molecule has 0 aliphatic heterocycles. The van der Waals surface area contributed by atoms with E-state index >= 15 is 0 Å². The highest BCUT2D eigenvalue weighted by molar-refractivity contribution is 5.86. The number of anilines is 2. The second-order valence-electron chi connectivity index (χ2n) is 4.58. The molecular formula is C10H18N6O2. The standard InChI is InChI=1S/C10H18N6O2/c1-5(2)18-9-14-7(12)13-8(15-9)16-10(3,4)6(11)17/h5H,1-4H3,(H2,11,17)(H3,12,13,14,15,16). The number of hydrogen-bond donors (Lipinski definition) is 3. The third-order valence-electron chi connectivity index (χ3n) is 2.01. The molecule has 1 aromatic rings. The van der Waals surface area contributed by atoms with E-state index in [4.69, 9.17) is 16.2 Å². The minimum atomic E-state index is -0.997. The van der Waals surface area contributed by atoms with E-state index in [0.717, 1.165) is 0 Å². The van der Waals surface area contributed by atoms with Gasteiger partial charge in [0.1, 0.15) is 5.54 Å². The Bertz CT molecular complexity index is 446. The predicted molar refractivity (Wildman–Crippen MR) is 66.9 cm³/mol. The summed E-state index contributed by atoms with van der Waals surface area (Å²) < 4.78 is 5.31. The average Bonchev–Trinajstić information content (AvgIpc) is 2.13. The van der Waals surface area contributed by atoms with Crippen LogP contribution < -0.4 is 21.5 Å². The minimum absolute atomic E-state index is 0.00317. The number of hydrogen-bond acceptors (Lipinski definition) is 7. The molecule has 0 unspecified atom stereocenters. The van der Waals surface area contributed by atoms with Crippen LogP contribution in [0.1, 0.15) is 27.7 Å². The van der Waals surface area contributed by atoms with Crippen LogP contribution in [0.2, 0.25) is 0 Å². The molecule has 0 saturated heterocycles. The van der Waals surface area contributed by atoms with Gasteiger partial charge in [0, 0.05) is 0 Å². The van der Waals surface area contributed by atoms with Crippen LogP contribution in [0.4, 0.5) is 11.9 Å². The van der Waals surface area contributed by atoms with Crippen molar-refractivity contribution in [3.8, 4) is 6.01 Å². The molecule has 0 aliphatic rings. The summed E-state index contributed by atoms with van der Waals surface area (Å²) in [6.45, 7) is 6.89. The van der Waals surface area contributed by atoms with Crippen molar-refractivity contribution in [2.24, 2.45) is 5.73 Å². The molecule has 0 bridgehead atoms. The molecule has 8 heteroatoms. The summed E-state index contributed by atoms with van der Waals surface area (Å²) in [6, 6.07) is 0.0975. The van der Waals surface area contributed by atoms with Gasteiger partial charge in [0.25, 0.3) is 0 Å². The highest BCUT2D eigenvalue weighted by atomic mass is 16.5. The van der Waals surface area contributed by atoms with Crippen molar-refractivity contribution < 1.29 is 9.53 Å². The van der Waals surface area contributed by atoms with Crippen LogP contribution in [0, 0.1) is 0 Å². The quantitative estimate of drug-likeness (QED) is 0.669. The lowest BCUT2D eigenvalue weighted by Crippen LogP contribution is -2.45. The van der Waals surface area contributed by atoms with E-state index in [1.807, 2.05) is 13.8 Å². The van der Waals surface area contributed by atoms with Crippen LogP contribution in [0.15, 0.2) is 0 Å². The predicted octanol–water partition coefficient (Wildman–Crippen LogP) is -0.0832. The molecular weight excluding hydrogens is 236 g/mol. The van der Waals surface area contributed by atoms with E-state index in [1.54, 1.807) is 13.8 Å². The molecule has 1 rings (SSSR count). The maximum Gasteiger partial charge on any atom is 0.323 e. The van der Waals surface area contributed by atoms with E-state index < -0.39 is 11.4 Å². The Morgan fingerprint density at radius 1 is 1.33 bits per heavy atom. The van der Waals surface area contributed by atoms with E-state index in [0.29, 0.717) is 0 Å². The maximum absolute atomic E-state index is 11.2. The molecule has 18 heavy (non-hydrogen) atoms. The Labute approximate surface area is 105 Å². The fourth-order valence-corrected chi connectivity index (χ4v) is 1.03. The zero-order valence-corrected chi connectivity index (χ0v) is 10.9. The number of nitrogens with one attached hydrogen (secondary N) is 1. The van der Waals surface area contributed by atoms with Gasteiger partial charge >= 0.3 is 6.01 Å². The number of nitrogens with two attached hydrogens (primary N) is 2. The van der Waals surface area contributed by atoms with Gasteiger partial charge in [-0.25, -0.2) is 0 Å². The van der Waals surface area contributed by atoms with Crippen LogP contribution in [0.25, 0.3) is 0 Å². The van der Waals surface area contributed by atoms with Gasteiger partial charge in [-0.15, -0.1) is 0 Å². The van der Waals surface area contributed by atoms with E-state index in [2.05, 4.69) is 20.3 Å². The molecule has 0 fully saturated rings. The van der Waals surface area contributed by atoms with Crippen molar-refractivity contribution in [3.63, 3.8) is 0 Å². The van der Waals surface area contributed by atoms with Gasteiger partial charge in [-0.3, -0.25) is 4.79 Å². The van der Waals surface area contributed by atoms with Crippen molar-refractivity contribution in [2.75, 3.05) is 11.1 Å². The van der Waals surface area contributed by atoms with Crippen molar-refractivity contribution in [1.29, 1.82) is 0 Å². The highest BCUT2D eigenvalue weighted by Gasteiger charge is 2.26. The van der Waals surface area contributed by atoms with Gasteiger partial charge in [-0.1, -0.05) is 0 Å². The SMILES string of the molecule is CC(C)Oc1nc(N)nc(NC(C)(C)C(N)=O)n1. The summed E-state index contributed by atoms with van der Waals surface area (Å²) in [5.74, 6) is -0.391. The van der Waals surface area contributed by atoms with Gasteiger partial charge in [0.2, 0.25) is 17.8 Å². The molecule has 0 saturated carbocycles. The fraction of sp³-hybridized carbons (Fsp3) is 0.600. The number of amides is 1. The van der Waals surface area contributed by atoms with E-state index in [1.165, 1.54) is 0 Å². The lowest BCUT2D eigenvalue weighted by atomic mass is 10.1. The topological polar surface area (TPSA) is 129 Å². The smallest absolute Gasteiger partial charge is 0.323 e. The minimum Gasteiger partial charge on any atom is -0.461 e. The lowest BCUT2D eigenvalue weighted by Gasteiger charge is -2.22. The highest BCUT2D eigenvalue weighted by Crippen LogP contribution is 2.14.